The third kappa shape index (κ3) is 2.12. The number of para-hydroxylation sites is 1. The largest absolute Gasteiger partial charge is 0.355 e. The van der Waals surface area contributed by atoms with Crippen LogP contribution >= 0.6 is 15.9 Å². The van der Waals surface area contributed by atoms with Gasteiger partial charge in [-0.05, 0) is 29.7 Å². The van der Waals surface area contributed by atoms with Gasteiger partial charge in [-0.15, -0.1) is 0 Å². The monoisotopic (exact) mass is 297 g/mol. The van der Waals surface area contributed by atoms with Crippen LogP contribution < -0.4 is 5.32 Å². The lowest BCUT2D eigenvalue weighted by molar-refractivity contribution is 1.57. The first-order valence-electron chi connectivity index (χ1n) is 5.84. The highest BCUT2D eigenvalue weighted by molar-refractivity contribution is 9.10. The summed E-state index contributed by atoms with van der Waals surface area (Å²) in [6.07, 6.45) is 0. The molecule has 0 amide bonds. The van der Waals surface area contributed by atoms with Crippen molar-refractivity contribution in [3.05, 3.63) is 71.2 Å². The van der Waals surface area contributed by atoms with Crippen LogP contribution in [0, 0.1) is 0 Å². The van der Waals surface area contributed by atoms with Crippen LogP contribution in [-0.4, -0.2) is 0 Å². The Kier molecular flexibility index (Phi) is 3.03. The van der Waals surface area contributed by atoms with Crippen LogP contribution in [0.5, 0.6) is 0 Å². The lowest BCUT2D eigenvalue weighted by Gasteiger charge is -2.10. The molecule has 0 aliphatic heterocycles. The molecular weight excluding hydrogens is 286 g/mol. The van der Waals surface area contributed by atoms with Gasteiger partial charge in [0.1, 0.15) is 0 Å². The Labute approximate surface area is 115 Å². The number of fused-ring (bicyclic) bond motifs is 1. The van der Waals surface area contributed by atoms with Crippen LogP contribution in [0.2, 0.25) is 0 Å². The Morgan fingerprint density at radius 1 is 0.667 bits per heavy atom. The molecule has 3 aromatic rings. The molecule has 1 nitrogen and oxygen atoms in total. The molecule has 3 rings (SSSR count). The number of hydrogen-bond acceptors (Lipinski definition) is 1. The maximum atomic E-state index is 3.59. The van der Waals surface area contributed by atoms with Gasteiger partial charge in [0, 0.05) is 21.2 Å². The van der Waals surface area contributed by atoms with Crippen molar-refractivity contribution in [2.24, 2.45) is 0 Å². The molecule has 0 saturated carbocycles. The lowest BCUT2D eigenvalue weighted by atomic mass is 10.1. The van der Waals surface area contributed by atoms with E-state index in [4.69, 9.17) is 0 Å². The van der Waals surface area contributed by atoms with Gasteiger partial charge in [0.25, 0.3) is 0 Å². The van der Waals surface area contributed by atoms with Gasteiger partial charge in [-0.25, -0.2) is 0 Å². The predicted molar refractivity (Wildman–Crippen MR) is 81.4 cm³/mol. The van der Waals surface area contributed by atoms with Gasteiger partial charge in [0.05, 0.1) is 0 Å². The zero-order valence-electron chi connectivity index (χ0n) is 9.73. The first kappa shape index (κ1) is 11.3. The van der Waals surface area contributed by atoms with E-state index in [1.165, 1.54) is 10.8 Å². The minimum Gasteiger partial charge on any atom is -0.355 e. The van der Waals surface area contributed by atoms with Crippen LogP contribution in [0.4, 0.5) is 11.4 Å². The van der Waals surface area contributed by atoms with Crippen molar-refractivity contribution >= 4 is 38.1 Å². The van der Waals surface area contributed by atoms with Gasteiger partial charge in [0.2, 0.25) is 0 Å². The summed E-state index contributed by atoms with van der Waals surface area (Å²) in [6, 6.07) is 22.8. The van der Waals surface area contributed by atoms with Crippen molar-refractivity contribution in [1.29, 1.82) is 0 Å². The van der Waals surface area contributed by atoms with E-state index in [1.54, 1.807) is 0 Å². The molecule has 0 unspecified atom stereocenters. The van der Waals surface area contributed by atoms with Crippen LogP contribution in [0.15, 0.2) is 71.2 Å². The summed E-state index contributed by atoms with van der Waals surface area (Å²) in [5.41, 5.74) is 2.23. The van der Waals surface area contributed by atoms with Gasteiger partial charge in [-0.2, -0.15) is 0 Å². The molecule has 0 spiro atoms. The Bertz CT molecular complexity index is 677. The topological polar surface area (TPSA) is 12.0 Å². The number of nitrogens with one attached hydrogen (secondary N) is 1. The first-order valence-corrected chi connectivity index (χ1v) is 6.63. The quantitative estimate of drug-likeness (QED) is 0.673. The Morgan fingerprint density at radius 3 is 2.22 bits per heavy atom. The average molecular weight is 298 g/mol. The summed E-state index contributed by atoms with van der Waals surface area (Å²) >= 11 is 3.59. The Balaban J connectivity index is 2.10. The van der Waals surface area contributed by atoms with Gasteiger partial charge in [-0.3, -0.25) is 0 Å². The van der Waals surface area contributed by atoms with Gasteiger partial charge in [0.15, 0.2) is 0 Å². The van der Waals surface area contributed by atoms with E-state index in [1.807, 2.05) is 18.2 Å². The van der Waals surface area contributed by atoms with E-state index >= 15 is 0 Å². The number of rotatable bonds is 2. The minimum atomic E-state index is 1.10. The van der Waals surface area contributed by atoms with Crippen LogP contribution in [0.25, 0.3) is 10.8 Å². The maximum Gasteiger partial charge on any atom is 0.0464 e. The van der Waals surface area contributed by atoms with Crippen molar-refractivity contribution in [3.63, 3.8) is 0 Å². The zero-order chi connectivity index (χ0) is 12.4. The molecule has 0 heterocycles. The lowest BCUT2D eigenvalue weighted by Crippen LogP contribution is -1.90. The van der Waals surface area contributed by atoms with Crippen molar-refractivity contribution in [1.82, 2.24) is 0 Å². The SMILES string of the molecule is Brc1cccc2c(Nc3ccccc3)cccc12. The van der Waals surface area contributed by atoms with E-state index in [-0.39, 0.29) is 0 Å². The second-order valence-corrected chi connectivity index (χ2v) is 4.99. The summed E-state index contributed by atoms with van der Waals surface area (Å²) in [5, 5.41) is 5.89. The van der Waals surface area contributed by atoms with Crippen LogP contribution in [0.1, 0.15) is 0 Å². The van der Waals surface area contributed by atoms with Crippen molar-refractivity contribution < 1.29 is 0 Å². The third-order valence-corrected chi connectivity index (χ3v) is 3.61. The molecular formula is C16H12BrN. The highest BCUT2D eigenvalue weighted by Crippen LogP contribution is 2.30. The van der Waals surface area contributed by atoms with Crippen molar-refractivity contribution in [3.8, 4) is 0 Å². The Morgan fingerprint density at radius 2 is 1.39 bits per heavy atom. The summed E-state index contributed by atoms with van der Waals surface area (Å²) in [6.45, 7) is 0. The number of benzene rings is 3. The van der Waals surface area contributed by atoms with Gasteiger partial charge in [-0.1, -0.05) is 58.4 Å². The summed E-state index contributed by atoms with van der Waals surface area (Å²) in [7, 11) is 0. The fourth-order valence-corrected chi connectivity index (χ4v) is 2.56. The Hall–Kier alpha value is -1.80. The number of anilines is 2. The second-order valence-electron chi connectivity index (χ2n) is 4.13. The standard InChI is InChI=1S/C16H12BrN/c17-15-10-4-9-14-13(15)8-5-11-16(14)18-12-6-2-1-3-7-12/h1-11,18H. The molecule has 0 radical (unpaired) electrons. The highest BCUT2D eigenvalue weighted by atomic mass is 79.9. The molecule has 2 heteroatoms. The fraction of sp³-hybridized carbons (Fsp3) is 0. The zero-order valence-corrected chi connectivity index (χ0v) is 11.3. The number of halogens is 1. The van der Waals surface area contributed by atoms with E-state index in [0.717, 1.165) is 15.8 Å². The van der Waals surface area contributed by atoms with Crippen molar-refractivity contribution in [2.75, 3.05) is 5.32 Å². The third-order valence-electron chi connectivity index (χ3n) is 2.92. The second kappa shape index (κ2) is 4.83. The molecule has 18 heavy (non-hydrogen) atoms. The molecule has 0 aromatic heterocycles. The fourth-order valence-electron chi connectivity index (χ4n) is 2.06. The molecule has 0 saturated heterocycles. The first-order chi connectivity index (χ1) is 8.84. The van der Waals surface area contributed by atoms with E-state index in [9.17, 15) is 0 Å². The summed E-state index contributed by atoms with van der Waals surface area (Å²) in [4.78, 5) is 0. The minimum absolute atomic E-state index is 1.10. The molecule has 0 bridgehead atoms. The van der Waals surface area contributed by atoms with Gasteiger partial charge < -0.3 is 5.32 Å². The molecule has 88 valence electrons. The highest BCUT2D eigenvalue weighted by Gasteiger charge is 2.03. The van der Waals surface area contributed by atoms with Gasteiger partial charge >= 0.3 is 0 Å². The maximum absolute atomic E-state index is 3.59. The molecule has 0 aliphatic carbocycles. The normalized spacial score (nSPS) is 10.5. The van der Waals surface area contributed by atoms with Crippen LogP contribution in [-0.2, 0) is 0 Å². The molecule has 3 aromatic carbocycles. The van der Waals surface area contributed by atoms with E-state index in [0.29, 0.717) is 0 Å². The average Bonchev–Trinajstić information content (AvgIpc) is 2.41. The van der Waals surface area contributed by atoms with Crippen molar-refractivity contribution in [2.45, 2.75) is 0 Å². The predicted octanol–water partition coefficient (Wildman–Crippen LogP) is 5.35. The number of hydrogen-bond donors (Lipinski definition) is 1. The molecule has 0 fully saturated rings. The van der Waals surface area contributed by atoms with E-state index < -0.39 is 0 Å². The summed E-state index contributed by atoms with van der Waals surface area (Å²) < 4.78 is 1.12. The smallest absolute Gasteiger partial charge is 0.0464 e. The summed E-state index contributed by atoms with van der Waals surface area (Å²) in [5.74, 6) is 0. The molecule has 0 atom stereocenters. The van der Waals surface area contributed by atoms with E-state index in [2.05, 4.69) is 69.8 Å². The molecule has 1 N–H and O–H groups in total. The molecule has 0 aliphatic rings. The van der Waals surface area contributed by atoms with Crippen LogP contribution in [0.3, 0.4) is 0 Å².